The number of esters is 1. The summed E-state index contributed by atoms with van der Waals surface area (Å²) in [4.78, 5) is 11.4. The zero-order chi connectivity index (χ0) is 14.5. The highest BCUT2D eigenvalue weighted by molar-refractivity contribution is 5.71. The van der Waals surface area contributed by atoms with Crippen LogP contribution in [0.2, 0.25) is 0 Å². The summed E-state index contributed by atoms with van der Waals surface area (Å²) in [5.74, 6) is 0.684. The SMILES string of the molecule is Cc1nnc(-c2ccc(COC(=O)C(C)C)cc2)nn1. The molecule has 0 bridgehead atoms. The van der Waals surface area contributed by atoms with Gasteiger partial charge in [-0.3, -0.25) is 4.79 Å². The number of carbonyl (C=O) groups excluding carboxylic acids is 1. The summed E-state index contributed by atoms with van der Waals surface area (Å²) < 4.78 is 5.16. The van der Waals surface area contributed by atoms with Crippen LogP contribution in [0.4, 0.5) is 0 Å². The summed E-state index contributed by atoms with van der Waals surface area (Å²) in [7, 11) is 0. The fourth-order valence-electron chi connectivity index (χ4n) is 1.47. The van der Waals surface area contributed by atoms with Crippen molar-refractivity contribution in [3.05, 3.63) is 35.7 Å². The minimum absolute atomic E-state index is 0.118. The number of hydrogen-bond acceptors (Lipinski definition) is 6. The molecule has 0 saturated carbocycles. The van der Waals surface area contributed by atoms with Crippen molar-refractivity contribution in [1.82, 2.24) is 20.4 Å². The molecule has 0 fully saturated rings. The summed E-state index contributed by atoms with van der Waals surface area (Å²) in [6, 6.07) is 7.44. The van der Waals surface area contributed by atoms with Gasteiger partial charge < -0.3 is 4.74 Å². The number of hydrogen-bond donors (Lipinski definition) is 0. The molecule has 2 aromatic rings. The molecule has 0 saturated heterocycles. The fraction of sp³-hybridized carbons (Fsp3) is 0.357. The van der Waals surface area contributed by atoms with Crippen molar-refractivity contribution in [2.24, 2.45) is 5.92 Å². The van der Waals surface area contributed by atoms with Crippen LogP contribution < -0.4 is 0 Å². The van der Waals surface area contributed by atoms with Gasteiger partial charge in [0.15, 0.2) is 5.82 Å². The van der Waals surface area contributed by atoms with Crippen LogP contribution in [0, 0.1) is 12.8 Å². The first-order valence-electron chi connectivity index (χ1n) is 6.36. The van der Waals surface area contributed by atoms with E-state index in [9.17, 15) is 4.79 Å². The van der Waals surface area contributed by atoms with E-state index in [1.807, 2.05) is 24.3 Å². The quantitative estimate of drug-likeness (QED) is 0.791. The molecule has 1 aromatic carbocycles. The van der Waals surface area contributed by atoms with E-state index in [1.54, 1.807) is 20.8 Å². The first kappa shape index (κ1) is 14.0. The summed E-state index contributed by atoms with van der Waals surface area (Å²) in [5, 5.41) is 15.7. The van der Waals surface area contributed by atoms with Crippen LogP contribution in [0.3, 0.4) is 0 Å². The van der Waals surface area contributed by atoms with E-state index < -0.39 is 0 Å². The molecule has 0 N–H and O–H groups in total. The maximum atomic E-state index is 11.4. The van der Waals surface area contributed by atoms with Gasteiger partial charge in [-0.25, -0.2) is 0 Å². The van der Waals surface area contributed by atoms with Crippen molar-refractivity contribution in [1.29, 1.82) is 0 Å². The second-order valence-electron chi connectivity index (χ2n) is 4.73. The molecular weight excluding hydrogens is 256 g/mol. The average Bonchev–Trinajstić information content (AvgIpc) is 2.46. The number of ether oxygens (including phenoxy) is 1. The fourth-order valence-corrected chi connectivity index (χ4v) is 1.47. The van der Waals surface area contributed by atoms with Gasteiger partial charge in [-0.2, -0.15) is 0 Å². The Kier molecular flexibility index (Phi) is 4.34. The molecule has 6 nitrogen and oxygen atoms in total. The van der Waals surface area contributed by atoms with E-state index >= 15 is 0 Å². The van der Waals surface area contributed by atoms with Crippen LogP contribution in [-0.4, -0.2) is 26.4 Å². The number of aryl methyl sites for hydroxylation is 1. The van der Waals surface area contributed by atoms with Gasteiger partial charge in [0.2, 0.25) is 5.82 Å². The van der Waals surface area contributed by atoms with E-state index in [1.165, 1.54) is 0 Å². The standard InChI is InChI=1S/C14H16N4O2/c1-9(2)14(19)20-8-11-4-6-12(7-5-11)13-17-15-10(3)16-18-13/h4-7,9H,8H2,1-3H3. The molecule has 0 radical (unpaired) electrons. The highest BCUT2D eigenvalue weighted by Gasteiger charge is 2.08. The minimum atomic E-state index is -0.204. The molecule has 0 amide bonds. The Morgan fingerprint density at radius 3 is 2.25 bits per heavy atom. The highest BCUT2D eigenvalue weighted by atomic mass is 16.5. The molecule has 0 aliphatic rings. The van der Waals surface area contributed by atoms with Gasteiger partial charge in [0.1, 0.15) is 6.61 Å². The van der Waals surface area contributed by atoms with E-state index in [0.717, 1.165) is 11.1 Å². The second kappa shape index (κ2) is 6.18. The monoisotopic (exact) mass is 272 g/mol. The Labute approximate surface area is 117 Å². The first-order chi connectivity index (χ1) is 9.56. The number of aromatic nitrogens is 4. The largest absolute Gasteiger partial charge is 0.461 e. The number of benzene rings is 1. The summed E-state index contributed by atoms with van der Waals surface area (Å²) >= 11 is 0. The van der Waals surface area contributed by atoms with Crippen molar-refractivity contribution in [2.75, 3.05) is 0 Å². The van der Waals surface area contributed by atoms with Crippen LogP contribution in [0.5, 0.6) is 0 Å². The van der Waals surface area contributed by atoms with Gasteiger partial charge in [0.05, 0.1) is 5.92 Å². The van der Waals surface area contributed by atoms with Crippen LogP contribution >= 0.6 is 0 Å². The molecule has 0 aliphatic carbocycles. The highest BCUT2D eigenvalue weighted by Crippen LogP contribution is 2.14. The third-order valence-electron chi connectivity index (χ3n) is 2.64. The molecule has 6 heteroatoms. The Hall–Kier alpha value is -2.37. The van der Waals surface area contributed by atoms with Crippen molar-refractivity contribution < 1.29 is 9.53 Å². The average molecular weight is 272 g/mol. The summed E-state index contributed by atoms with van der Waals surface area (Å²) in [5.41, 5.74) is 1.74. The molecule has 0 unspecified atom stereocenters. The van der Waals surface area contributed by atoms with Crippen LogP contribution in [0.15, 0.2) is 24.3 Å². The lowest BCUT2D eigenvalue weighted by Gasteiger charge is -2.07. The Balaban J connectivity index is 2.03. The summed E-state index contributed by atoms with van der Waals surface area (Å²) in [6.45, 7) is 5.61. The molecule has 0 atom stereocenters. The van der Waals surface area contributed by atoms with Crippen LogP contribution in [0.1, 0.15) is 25.2 Å². The maximum absolute atomic E-state index is 11.4. The molecule has 0 aliphatic heterocycles. The second-order valence-corrected chi connectivity index (χ2v) is 4.73. The van der Waals surface area contributed by atoms with E-state index in [-0.39, 0.29) is 18.5 Å². The van der Waals surface area contributed by atoms with Gasteiger partial charge >= 0.3 is 5.97 Å². The van der Waals surface area contributed by atoms with Crippen LogP contribution in [-0.2, 0) is 16.1 Å². The van der Waals surface area contributed by atoms with Crippen LogP contribution in [0.25, 0.3) is 11.4 Å². The smallest absolute Gasteiger partial charge is 0.308 e. The molecule has 20 heavy (non-hydrogen) atoms. The van der Waals surface area contributed by atoms with Crippen molar-refractivity contribution >= 4 is 5.97 Å². The third-order valence-corrected chi connectivity index (χ3v) is 2.64. The molecule has 0 spiro atoms. The van der Waals surface area contributed by atoms with Crippen molar-refractivity contribution in [2.45, 2.75) is 27.4 Å². The molecule has 1 heterocycles. The van der Waals surface area contributed by atoms with E-state index in [2.05, 4.69) is 20.4 Å². The van der Waals surface area contributed by atoms with Gasteiger partial charge in [0, 0.05) is 5.56 Å². The Bertz CT molecular complexity index is 579. The maximum Gasteiger partial charge on any atom is 0.308 e. The topological polar surface area (TPSA) is 77.9 Å². The lowest BCUT2D eigenvalue weighted by molar-refractivity contribution is -0.148. The molecule has 104 valence electrons. The normalized spacial score (nSPS) is 10.6. The molecule has 2 rings (SSSR count). The Morgan fingerprint density at radius 1 is 1.10 bits per heavy atom. The van der Waals surface area contributed by atoms with Crippen molar-refractivity contribution in [3.8, 4) is 11.4 Å². The lowest BCUT2D eigenvalue weighted by Crippen LogP contribution is -2.11. The predicted octanol–water partition coefficient (Wildman–Crippen LogP) is 1.94. The van der Waals surface area contributed by atoms with Gasteiger partial charge in [-0.1, -0.05) is 38.1 Å². The lowest BCUT2D eigenvalue weighted by atomic mass is 10.1. The predicted molar refractivity (Wildman–Crippen MR) is 72.4 cm³/mol. The van der Waals surface area contributed by atoms with Gasteiger partial charge in [0.25, 0.3) is 0 Å². The third kappa shape index (κ3) is 3.57. The molecule has 1 aromatic heterocycles. The van der Waals surface area contributed by atoms with E-state index in [0.29, 0.717) is 11.6 Å². The number of carbonyl (C=O) groups is 1. The first-order valence-corrected chi connectivity index (χ1v) is 6.36. The van der Waals surface area contributed by atoms with Gasteiger partial charge in [-0.05, 0) is 12.5 Å². The van der Waals surface area contributed by atoms with E-state index in [4.69, 9.17) is 4.74 Å². The zero-order valence-corrected chi connectivity index (χ0v) is 11.7. The zero-order valence-electron chi connectivity index (χ0n) is 11.7. The summed E-state index contributed by atoms with van der Waals surface area (Å²) in [6.07, 6.45) is 0. The number of rotatable bonds is 4. The number of nitrogens with zero attached hydrogens (tertiary/aromatic N) is 4. The molecular formula is C14H16N4O2. The van der Waals surface area contributed by atoms with Gasteiger partial charge in [-0.15, -0.1) is 20.4 Å². The van der Waals surface area contributed by atoms with Crippen molar-refractivity contribution in [3.63, 3.8) is 0 Å². The minimum Gasteiger partial charge on any atom is -0.461 e. The Morgan fingerprint density at radius 2 is 1.70 bits per heavy atom.